The summed E-state index contributed by atoms with van der Waals surface area (Å²) >= 11 is 0. The number of imidazole rings is 1. The van der Waals surface area contributed by atoms with Crippen LogP contribution in [0.1, 0.15) is 44.3 Å². The van der Waals surface area contributed by atoms with E-state index in [2.05, 4.69) is 31.7 Å². The van der Waals surface area contributed by atoms with Crippen LogP contribution >= 0.6 is 0 Å². The lowest BCUT2D eigenvalue weighted by Gasteiger charge is -2.24. The molecule has 3 rings (SSSR count). The lowest BCUT2D eigenvalue weighted by atomic mass is 9.96. The van der Waals surface area contributed by atoms with Crippen LogP contribution < -0.4 is 10.6 Å². The van der Waals surface area contributed by atoms with Gasteiger partial charge in [-0.15, -0.1) is 0 Å². The molecule has 2 aromatic rings. The number of nitrogens with zero attached hydrogens (tertiary/aromatic N) is 2. The monoisotopic (exact) mass is 313 g/mol. The first-order valence-corrected chi connectivity index (χ1v) is 8.76. The maximum Gasteiger partial charge on any atom is 0.191 e. The summed E-state index contributed by atoms with van der Waals surface area (Å²) < 4.78 is 0. The van der Waals surface area contributed by atoms with Crippen molar-refractivity contribution in [1.82, 2.24) is 20.6 Å². The molecule has 1 aliphatic carbocycles. The molecule has 1 heterocycles. The molecule has 0 spiro atoms. The molecule has 1 aromatic carbocycles. The second-order valence-electron chi connectivity index (χ2n) is 6.28. The first-order valence-electron chi connectivity index (χ1n) is 8.76. The van der Waals surface area contributed by atoms with Crippen LogP contribution in [0.3, 0.4) is 0 Å². The number of aromatic amines is 1. The number of aromatic nitrogens is 2. The van der Waals surface area contributed by atoms with E-state index < -0.39 is 0 Å². The summed E-state index contributed by atoms with van der Waals surface area (Å²) in [4.78, 5) is 12.3. The average Bonchev–Trinajstić information content (AvgIpc) is 3.01. The Bertz CT molecular complexity index is 607. The molecule has 5 heteroatoms. The number of rotatable bonds is 5. The van der Waals surface area contributed by atoms with E-state index in [1.807, 2.05) is 25.2 Å². The Morgan fingerprint density at radius 2 is 2.09 bits per heavy atom. The number of guanidine groups is 1. The molecule has 1 saturated carbocycles. The Morgan fingerprint density at radius 1 is 1.26 bits per heavy atom. The molecular formula is C18H27N5. The summed E-state index contributed by atoms with van der Waals surface area (Å²) in [6.45, 7) is 0.906. The average molecular weight is 313 g/mol. The van der Waals surface area contributed by atoms with E-state index in [1.165, 1.54) is 32.1 Å². The molecule has 0 amide bonds. The Kier molecular flexibility index (Phi) is 5.51. The van der Waals surface area contributed by atoms with E-state index in [4.69, 9.17) is 0 Å². The van der Waals surface area contributed by atoms with Gasteiger partial charge in [0.2, 0.25) is 0 Å². The van der Waals surface area contributed by atoms with Gasteiger partial charge >= 0.3 is 0 Å². The molecule has 1 aromatic heterocycles. The molecular weight excluding hydrogens is 286 g/mol. The minimum absolute atomic E-state index is 0.588. The first kappa shape index (κ1) is 15.8. The number of hydrogen-bond acceptors (Lipinski definition) is 2. The second-order valence-corrected chi connectivity index (χ2v) is 6.28. The molecule has 5 nitrogen and oxygen atoms in total. The fourth-order valence-corrected chi connectivity index (χ4v) is 3.22. The Balaban J connectivity index is 1.41. The highest BCUT2D eigenvalue weighted by molar-refractivity contribution is 5.80. The molecule has 0 atom stereocenters. The first-order chi connectivity index (χ1) is 11.3. The molecule has 1 aliphatic rings. The van der Waals surface area contributed by atoms with E-state index >= 15 is 0 Å². The molecule has 0 unspecified atom stereocenters. The van der Waals surface area contributed by atoms with E-state index in [0.717, 1.165) is 42.2 Å². The highest BCUT2D eigenvalue weighted by Crippen LogP contribution is 2.17. The van der Waals surface area contributed by atoms with Gasteiger partial charge in [-0.25, -0.2) is 4.98 Å². The number of nitrogens with one attached hydrogen (secondary N) is 3. The number of benzene rings is 1. The Morgan fingerprint density at radius 3 is 2.87 bits per heavy atom. The minimum Gasteiger partial charge on any atom is -0.356 e. The zero-order chi connectivity index (χ0) is 15.9. The third-order valence-electron chi connectivity index (χ3n) is 4.49. The van der Waals surface area contributed by atoms with Crippen LogP contribution in [-0.4, -0.2) is 35.6 Å². The number of hydrogen-bond donors (Lipinski definition) is 3. The quantitative estimate of drug-likeness (QED) is 0.452. The third kappa shape index (κ3) is 4.47. The molecule has 0 saturated heterocycles. The number of H-pyrrole nitrogens is 1. The van der Waals surface area contributed by atoms with E-state index in [-0.39, 0.29) is 0 Å². The fraction of sp³-hybridized carbons (Fsp3) is 0.556. The summed E-state index contributed by atoms with van der Waals surface area (Å²) in [5.74, 6) is 1.99. The second kappa shape index (κ2) is 7.99. The van der Waals surface area contributed by atoms with E-state index in [9.17, 15) is 0 Å². The van der Waals surface area contributed by atoms with Gasteiger partial charge in [0.1, 0.15) is 5.82 Å². The normalized spacial score (nSPS) is 16.7. The van der Waals surface area contributed by atoms with Crippen LogP contribution in [-0.2, 0) is 6.42 Å². The Hall–Kier alpha value is -2.04. The smallest absolute Gasteiger partial charge is 0.191 e. The molecule has 3 N–H and O–H groups in total. The number of para-hydroxylation sites is 2. The van der Waals surface area contributed by atoms with Crippen LogP contribution in [0.25, 0.3) is 11.0 Å². The summed E-state index contributed by atoms with van der Waals surface area (Å²) in [6, 6.07) is 8.76. The van der Waals surface area contributed by atoms with Crippen molar-refractivity contribution in [3.05, 3.63) is 30.1 Å². The molecule has 23 heavy (non-hydrogen) atoms. The van der Waals surface area contributed by atoms with Crippen molar-refractivity contribution >= 4 is 17.0 Å². The van der Waals surface area contributed by atoms with Gasteiger partial charge in [0, 0.05) is 26.1 Å². The van der Waals surface area contributed by atoms with Crippen LogP contribution in [0, 0.1) is 0 Å². The molecule has 0 radical (unpaired) electrons. The van der Waals surface area contributed by atoms with Crippen LogP contribution in [0.15, 0.2) is 29.3 Å². The maximum absolute atomic E-state index is 4.61. The lowest BCUT2D eigenvalue weighted by Crippen LogP contribution is -2.44. The van der Waals surface area contributed by atoms with Crippen LogP contribution in [0.5, 0.6) is 0 Å². The Labute approximate surface area is 138 Å². The van der Waals surface area contributed by atoms with E-state index in [1.54, 1.807) is 0 Å². The van der Waals surface area contributed by atoms with Crippen molar-refractivity contribution in [2.75, 3.05) is 13.6 Å². The number of aliphatic imine (C=N–C) groups is 1. The minimum atomic E-state index is 0.588. The van der Waals surface area contributed by atoms with Gasteiger partial charge in [0.05, 0.1) is 11.0 Å². The summed E-state index contributed by atoms with van der Waals surface area (Å²) in [5, 5.41) is 6.96. The van der Waals surface area contributed by atoms with Crippen LogP contribution in [0.4, 0.5) is 0 Å². The van der Waals surface area contributed by atoms with Gasteiger partial charge in [-0.1, -0.05) is 31.4 Å². The van der Waals surface area contributed by atoms with Crippen LogP contribution in [0.2, 0.25) is 0 Å². The largest absolute Gasteiger partial charge is 0.356 e. The van der Waals surface area contributed by atoms with E-state index in [0.29, 0.717) is 6.04 Å². The van der Waals surface area contributed by atoms with Gasteiger partial charge in [-0.2, -0.15) is 0 Å². The molecule has 0 aliphatic heterocycles. The van der Waals surface area contributed by atoms with Crippen molar-refractivity contribution in [1.29, 1.82) is 0 Å². The zero-order valence-electron chi connectivity index (χ0n) is 13.9. The maximum atomic E-state index is 4.61. The highest BCUT2D eigenvalue weighted by atomic mass is 15.2. The predicted octanol–water partition coefficient (Wildman–Crippen LogP) is 2.99. The standard InChI is InChI=1S/C18H27N5/c1-19-18(21-14-8-3-2-4-9-14)20-13-7-12-17-22-15-10-5-6-11-16(15)23-17/h5-6,10-11,14H,2-4,7-9,12-13H2,1H3,(H,22,23)(H2,19,20,21). The summed E-state index contributed by atoms with van der Waals surface area (Å²) in [6.07, 6.45) is 8.55. The van der Waals surface area contributed by atoms with Crippen molar-refractivity contribution in [3.8, 4) is 0 Å². The van der Waals surface area contributed by atoms with Gasteiger partial charge in [0.15, 0.2) is 5.96 Å². The molecule has 124 valence electrons. The van der Waals surface area contributed by atoms with Crippen molar-refractivity contribution in [3.63, 3.8) is 0 Å². The predicted molar refractivity (Wildman–Crippen MR) is 95.8 cm³/mol. The molecule has 0 bridgehead atoms. The van der Waals surface area contributed by atoms with Gasteiger partial charge in [-0.3, -0.25) is 4.99 Å². The van der Waals surface area contributed by atoms with Gasteiger partial charge in [-0.05, 0) is 31.4 Å². The summed E-state index contributed by atoms with van der Waals surface area (Å²) in [5.41, 5.74) is 2.16. The SMILES string of the molecule is CN=C(NCCCc1nc2ccccc2[nH]1)NC1CCCCC1. The van der Waals surface area contributed by atoms with Gasteiger partial charge in [0.25, 0.3) is 0 Å². The van der Waals surface area contributed by atoms with Crippen molar-refractivity contribution in [2.24, 2.45) is 4.99 Å². The lowest BCUT2D eigenvalue weighted by molar-refractivity contribution is 0.410. The number of fused-ring (bicyclic) bond motifs is 1. The van der Waals surface area contributed by atoms with Gasteiger partial charge < -0.3 is 15.6 Å². The fourth-order valence-electron chi connectivity index (χ4n) is 3.22. The van der Waals surface area contributed by atoms with Crippen molar-refractivity contribution < 1.29 is 0 Å². The zero-order valence-corrected chi connectivity index (χ0v) is 13.9. The number of aryl methyl sites for hydroxylation is 1. The van der Waals surface area contributed by atoms with Crippen molar-refractivity contribution in [2.45, 2.75) is 51.0 Å². The summed E-state index contributed by atoms with van der Waals surface area (Å²) in [7, 11) is 1.84. The molecule has 1 fully saturated rings. The third-order valence-corrected chi connectivity index (χ3v) is 4.49. The highest BCUT2D eigenvalue weighted by Gasteiger charge is 2.14. The topological polar surface area (TPSA) is 65.1 Å².